The summed E-state index contributed by atoms with van der Waals surface area (Å²) in [6.45, 7) is 0. The highest BCUT2D eigenvalue weighted by molar-refractivity contribution is 6.01. The Morgan fingerprint density at radius 3 is 2.62 bits per heavy atom. The normalized spacial score (nSPS) is 12.8. The molecule has 0 spiro atoms. The van der Waals surface area contributed by atoms with Gasteiger partial charge < -0.3 is 20.1 Å². The number of ether oxygens (including phenoxy) is 1. The van der Waals surface area contributed by atoms with Gasteiger partial charge in [-0.05, 0) is 12.1 Å². The van der Waals surface area contributed by atoms with Crippen molar-refractivity contribution in [2.24, 2.45) is 0 Å². The summed E-state index contributed by atoms with van der Waals surface area (Å²) in [5.41, 5.74) is 0.792. The van der Waals surface area contributed by atoms with E-state index in [9.17, 15) is 9.90 Å². The Kier molecular flexibility index (Phi) is 5.44. The number of aliphatic hydroxyl groups is 1. The quantitative estimate of drug-likeness (QED) is 0.361. The van der Waals surface area contributed by atoms with Gasteiger partial charge in [-0.2, -0.15) is 10.2 Å². The van der Waals surface area contributed by atoms with Crippen LogP contribution >= 0.6 is 0 Å². The topological polar surface area (TPSA) is 126 Å². The molecule has 9 heteroatoms. The Balaban J connectivity index is 1.58. The van der Waals surface area contributed by atoms with E-state index in [0.29, 0.717) is 11.1 Å². The summed E-state index contributed by atoms with van der Waals surface area (Å²) in [4.78, 5) is 24.9. The Morgan fingerprint density at radius 1 is 1.06 bits per heavy atom. The summed E-state index contributed by atoms with van der Waals surface area (Å²) in [6, 6.07) is 17.9. The maximum atomic E-state index is 13.5. The van der Waals surface area contributed by atoms with Crippen molar-refractivity contribution in [2.75, 3.05) is 12.4 Å². The second kappa shape index (κ2) is 8.72. The highest BCUT2D eigenvalue weighted by Gasteiger charge is 2.43. The van der Waals surface area contributed by atoms with E-state index in [4.69, 9.17) is 4.74 Å². The molecule has 0 aliphatic carbocycles. The average molecular weight is 452 g/mol. The van der Waals surface area contributed by atoms with E-state index < -0.39 is 11.5 Å². The van der Waals surface area contributed by atoms with E-state index in [1.165, 1.54) is 13.3 Å². The number of aromatic amines is 1. The molecule has 1 amide bonds. The molecule has 0 aliphatic heterocycles. The number of benzene rings is 2. The lowest BCUT2D eigenvalue weighted by molar-refractivity contribution is -0.131. The van der Waals surface area contributed by atoms with Gasteiger partial charge in [0.1, 0.15) is 5.69 Å². The molecule has 0 fully saturated rings. The standard InChI is InChI=1S/C25H20N6O3/c1-34-22-21(13-16(14-28-22)19-15-29-31-20-10-6-5-9-18(19)20)30-24(32)25(33,23-26-11-12-27-23)17-7-3-2-4-8-17/h2-15,33H,1H3,(H,26,27)(H,30,32)/t25-/m1/s1. The van der Waals surface area contributed by atoms with Crippen LogP contribution in [0.15, 0.2) is 85.5 Å². The maximum absolute atomic E-state index is 13.5. The zero-order valence-corrected chi connectivity index (χ0v) is 18.1. The third-order valence-electron chi connectivity index (χ3n) is 5.51. The van der Waals surface area contributed by atoms with Crippen LogP contribution in [0, 0.1) is 0 Å². The molecule has 2 aromatic carbocycles. The molecule has 3 heterocycles. The van der Waals surface area contributed by atoms with Gasteiger partial charge in [-0.15, -0.1) is 0 Å². The number of nitrogens with one attached hydrogen (secondary N) is 2. The van der Waals surface area contributed by atoms with Crippen LogP contribution in [0.4, 0.5) is 5.69 Å². The number of pyridine rings is 1. The predicted molar refractivity (Wildman–Crippen MR) is 126 cm³/mol. The number of carbonyl (C=O) groups is 1. The number of H-pyrrole nitrogens is 1. The van der Waals surface area contributed by atoms with Gasteiger partial charge in [0.15, 0.2) is 5.82 Å². The first-order chi connectivity index (χ1) is 16.6. The van der Waals surface area contributed by atoms with Crippen molar-refractivity contribution in [3.05, 3.63) is 96.8 Å². The second-order valence-corrected chi connectivity index (χ2v) is 7.52. The minimum atomic E-state index is -2.07. The minimum absolute atomic E-state index is 0.0867. The van der Waals surface area contributed by atoms with E-state index in [0.717, 1.165) is 16.5 Å². The molecule has 0 aliphatic rings. The van der Waals surface area contributed by atoms with Gasteiger partial charge in [-0.25, -0.2) is 9.97 Å². The molecule has 0 radical (unpaired) electrons. The minimum Gasteiger partial charge on any atom is -0.480 e. The number of hydrogen-bond acceptors (Lipinski definition) is 7. The highest BCUT2D eigenvalue weighted by atomic mass is 16.5. The number of rotatable bonds is 6. The zero-order valence-electron chi connectivity index (χ0n) is 18.1. The molecule has 168 valence electrons. The summed E-state index contributed by atoms with van der Waals surface area (Å²) in [6.07, 6.45) is 6.29. The van der Waals surface area contributed by atoms with Crippen LogP contribution in [0.1, 0.15) is 11.4 Å². The summed E-state index contributed by atoms with van der Waals surface area (Å²) in [5, 5.41) is 23.5. The molecule has 5 aromatic rings. The fourth-order valence-electron chi connectivity index (χ4n) is 3.82. The lowest BCUT2D eigenvalue weighted by Gasteiger charge is -2.26. The predicted octanol–water partition coefficient (Wildman–Crippen LogP) is 3.30. The number of anilines is 1. The smallest absolute Gasteiger partial charge is 0.269 e. The first-order valence-corrected chi connectivity index (χ1v) is 10.5. The first kappa shape index (κ1) is 21.2. The maximum Gasteiger partial charge on any atom is 0.269 e. The molecule has 3 aromatic heterocycles. The third-order valence-corrected chi connectivity index (χ3v) is 5.51. The van der Waals surface area contributed by atoms with Crippen LogP contribution < -0.4 is 10.1 Å². The number of methoxy groups -OCH3 is 1. The summed E-state index contributed by atoms with van der Waals surface area (Å²) in [7, 11) is 1.46. The van der Waals surface area contributed by atoms with Crippen LogP contribution in [0.2, 0.25) is 0 Å². The van der Waals surface area contributed by atoms with Gasteiger partial charge >= 0.3 is 0 Å². The Labute approximate surface area is 194 Å². The highest BCUT2D eigenvalue weighted by Crippen LogP contribution is 2.34. The summed E-state index contributed by atoms with van der Waals surface area (Å²) < 4.78 is 5.37. The van der Waals surface area contributed by atoms with Crippen molar-refractivity contribution in [2.45, 2.75) is 5.60 Å². The molecule has 34 heavy (non-hydrogen) atoms. The van der Waals surface area contributed by atoms with Crippen molar-refractivity contribution < 1.29 is 14.6 Å². The van der Waals surface area contributed by atoms with Crippen molar-refractivity contribution in [1.82, 2.24) is 25.1 Å². The van der Waals surface area contributed by atoms with Gasteiger partial charge in [0.25, 0.3) is 5.91 Å². The van der Waals surface area contributed by atoms with Crippen LogP contribution in [-0.2, 0) is 10.4 Å². The van der Waals surface area contributed by atoms with Crippen LogP contribution in [0.5, 0.6) is 5.88 Å². The number of aromatic nitrogens is 5. The monoisotopic (exact) mass is 452 g/mol. The largest absolute Gasteiger partial charge is 0.480 e. The van der Waals surface area contributed by atoms with Gasteiger partial charge in [0.05, 0.1) is 18.8 Å². The molecule has 3 N–H and O–H groups in total. The zero-order chi connectivity index (χ0) is 23.5. The fourth-order valence-corrected chi connectivity index (χ4v) is 3.82. The molecule has 0 saturated carbocycles. The molecule has 0 bridgehead atoms. The lowest BCUT2D eigenvalue weighted by Crippen LogP contribution is -2.42. The van der Waals surface area contributed by atoms with Gasteiger partial charge in [0, 0.05) is 40.7 Å². The third kappa shape index (κ3) is 3.63. The summed E-state index contributed by atoms with van der Waals surface area (Å²) >= 11 is 0. The van der Waals surface area contributed by atoms with E-state index >= 15 is 0 Å². The average Bonchev–Trinajstić information content (AvgIpc) is 3.44. The number of imidazole rings is 1. The van der Waals surface area contributed by atoms with Crippen molar-refractivity contribution in [3.63, 3.8) is 0 Å². The second-order valence-electron chi connectivity index (χ2n) is 7.52. The number of hydrogen-bond donors (Lipinski definition) is 3. The molecule has 9 nitrogen and oxygen atoms in total. The van der Waals surface area contributed by atoms with Crippen molar-refractivity contribution >= 4 is 22.5 Å². The SMILES string of the molecule is COc1ncc(-c2cnnc3ccccc23)cc1NC(=O)[C@@](O)(c1ccccc1)c1ncc[nH]1. The van der Waals surface area contributed by atoms with E-state index in [1.807, 2.05) is 24.3 Å². The van der Waals surface area contributed by atoms with E-state index in [2.05, 4.69) is 30.5 Å². The first-order valence-electron chi connectivity index (χ1n) is 10.5. The molecule has 0 unspecified atom stereocenters. The van der Waals surface area contributed by atoms with Gasteiger partial charge in [-0.1, -0.05) is 48.5 Å². The lowest BCUT2D eigenvalue weighted by atomic mass is 9.91. The van der Waals surface area contributed by atoms with Crippen LogP contribution in [-0.4, -0.2) is 43.3 Å². The van der Waals surface area contributed by atoms with E-state index in [-0.39, 0.29) is 17.4 Å². The van der Waals surface area contributed by atoms with Crippen LogP contribution in [0.3, 0.4) is 0 Å². The number of nitrogens with zero attached hydrogens (tertiary/aromatic N) is 4. The Morgan fingerprint density at radius 2 is 1.85 bits per heavy atom. The number of carbonyl (C=O) groups excluding carboxylic acids is 1. The van der Waals surface area contributed by atoms with Crippen molar-refractivity contribution in [3.8, 4) is 17.0 Å². The van der Waals surface area contributed by atoms with Crippen LogP contribution in [0.25, 0.3) is 22.0 Å². The molecule has 1 atom stereocenters. The number of fused-ring (bicyclic) bond motifs is 1. The van der Waals surface area contributed by atoms with Gasteiger partial charge in [0.2, 0.25) is 11.5 Å². The number of amides is 1. The van der Waals surface area contributed by atoms with Crippen molar-refractivity contribution in [1.29, 1.82) is 0 Å². The van der Waals surface area contributed by atoms with Gasteiger partial charge in [-0.3, -0.25) is 4.79 Å². The summed E-state index contributed by atoms with van der Waals surface area (Å²) in [5.74, 6) is -0.439. The Hall–Kier alpha value is -4.63. The molecule has 5 rings (SSSR count). The van der Waals surface area contributed by atoms with E-state index in [1.54, 1.807) is 55.0 Å². The Bertz CT molecular complexity index is 1450. The molecular formula is C25H20N6O3. The molecular weight excluding hydrogens is 432 g/mol. The molecule has 0 saturated heterocycles. The fraction of sp³-hybridized carbons (Fsp3) is 0.0800.